The maximum Gasteiger partial charge on any atom is 0.317 e. The number of hydrogen-bond acceptors (Lipinski definition) is 4. The molecule has 1 N–H and O–H groups in total. The molecule has 1 aliphatic carbocycles. The van der Waals surface area contributed by atoms with Gasteiger partial charge in [0.15, 0.2) is 0 Å². The van der Waals surface area contributed by atoms with Gasteiger partial charge in [0, 0.05) is 11.9 Å². The molecule has 0 spiro atoms. The molecule has 0 aliphatic heterocycles. The Bertz CT molecular complexity index is 651. The molecule has 0 aromatic carbocycles. The second kappa shape index (κ2) is 4.67. The van der Waals surface area contributed by atoms with E-state index < -0.39 is 11.4 Å². The van der Waals surface area contributed by atoms with Crippen LogP contribution in [0.15, 0.2) is 30.5 Å². The van der Waals surface area contributed by atoms with Crippen molar-refractivity contribution < 1.29 is 9.90 Å². The molecule has 0 radical (unpaired) electrons. The molecule has 2 heterocycles. The van der Waals surface area contributed by atoms with E-state index in [-0.39, 0.29) is 0 Å². The molecule has 0 bridgehead atoms. The molecule has 2 aromatic heterocycles. The van der Waals surface area contributed by atoms with Crippen molar-refractivity contribution in [2.75, 3.05) is 0 Å². The first kappa shape index (κ1) is 12.7. The average Bonchev–Trinajstić information content (AvgIpc) is 2.37. The number of aromatic nitrogens is 3. The number of pyridine rings is 1. The molecule has 5 nitrogen and oxygen atoms in total. The lowest BCUT2D eigenvalue weighted by atomic mass is 9.68. The lowest BCUT2D eigenvalue weighted by Gasteiger charge is -2.36. The standard InChI is InChI=1S/C15H15N3O2/c1-10-9-12(11-5-2-3-8-16-11)18-13(17-10)15(14(19)20)6-4-7-15/h2-3,5,8-9H,4,6-7H2,1H3,(H,19,20). The lowest BCUT2D eigenvalue weighted by Crippen LogP contribution is -2.44. The van der Waals surface area contributed by atoms with Gasteiger partial charge >= 0.3 is 5.97 Å². The van der Waals surface area contributed by atoms with Gasteiger partial charge in [-0.05, 0) is 38.0 Å². The Morgan fingerprint density at radius 2 is 2.05 bits per heavy atom. The lowest BCUT2D eigenvalue weighted by molar-refractivity contribution is -0.147. The molecular weight excluding hydrogens is 254 g/mol. The number of hydrogen-bond donors (Lipinski definition) is 1. The molecule has 2 aromatic rings. The Hall–Kier alpha value is -2.30. The van der Waals surface area contributed by atoms with Crippen LogP contribution in [0.5, 0.6) is 0 Å². The molecule has 0 unspecified atom stereocenters. The number of aliphatic carboxylic acids is 1. The highest BCUT2D eigenvalue weighted by molar-refractivity contribution is 5.81. The first-order valence-corrected chi connectivity index (χ1v) is 6.63. The molecule has 3 rings (SSSR count). The predicted octanol–water partition coefficient (Wildman–Crippen LogP) is 2.35. The SMILES string of the molecule is Cc1cc(-c2ccccn2)nc(C2(C(=O)O)CCC2)n1. The van der Waals surface area contributed by atoms with Crippen LogP contribution in [0.1, 0.15) is 30.8 Å². The van der Waals surface area contributed by atoms with E-state index >= 15 is 0 Å². The van der Waals surface area contributed by atoms with Crippen LogP contribution in [-0.2, 0) is 10.2 Å². The third kappa shape index (κ3) is 1.95. The van der Waals surface area contributed by atoms with Crippen LogP contribution in [-0.4, -0.2) is 26.0 Å². The van der Waals surface area contributed by atoms with Crippen molar-refractivity contribution in [3.8, 4) is 11.4 Å². The quantitative estimate of drug-likeness (QED) is 0.925. The van der Waals surface area contributed by atoms with Gasteiger partial charge < -0.3 is 5.11 Å². The highest BCUT2D eigenvalue weighted by atomic mass is 16.4. The zero-order valence-electron chi connectivity index (χ0n) is 11.2. The van der Waals surface area contributed by atoms with E-state index in [0.717, 1.165) is 17.8 Å². The Balaban J connectivity index is 2.10. The third-order valence-electron chi connectivity index (χ3n) is 3.83. The minimum absolute atomic E-state index is 0.414. The van der Waals surface area contributed by atoms with Crippen molar-refractivity contribution in [1.82, 2.24) is 15.0 Å². The maximum absolute atomic E-state index is 11.6. The van der Waals surface area contributed by atoms with Gasteiger partial charge in [-0.25, -0.2) is 9.97 Å². The Kier molecular flexibility index (Phi) is 2.97. The molecule has 1 saturated carbocycles. The summed E-state index contributed by atoms with van der Waals surface area (Å²) in [6.45, 7) is 1.85. The van der Waals surface area contributed by atoms with Gasteiger partial charge in [-0.1, -0.05) is 12.5 Å². The zero-order chi connectivity index (χ0) is 14.2. The molecule has 0 amide bonds. The number of carboxylic acids is 1. The number of nitrogens with zero attached hydrogens (tertiary/aromatic N) is 3. The van der Waals surface area contributed by atoms with E-state index in [1.165, 1.54) is 0 Å². The fourth-order valence-electron chi connectivity index (χ4n) is 2.49. The van der Waals surface area contributed by atoms with Crippen LogP contribution in [0.2, 0.25) is 0 Å². The van der Waals surface area contributed by atoms with Crippen molar-refractivity contribution >= 4 is 5.97 Å². The summed E-state index contributed by atoms with van der Waals surface area (Å²) in [5.74, 6) is -0.418. The summed E-state index contributed by atoms with van der Waals surface area (Å²) >= 11 is 0. The molecule has 102 valence electrons. The number of carbonyl (C=O) groups is 1. The highest BCUT2D eigenvalue weighted by Crippen LogP contribution is 2.42. The van der Waals surface area contributed by atoms with Crippen LogP contribution in [0.3, 0.4) is 0 Å². The smallest absolute Gasteiger partial charge is 0.317 e. The first-order valence-electron chi connectivity index (χ1n) is 6.63. The summed E-state index contributed by atoms with van der Waals surface area (Å²) in [5.41, 5.74) is 1.28. The molecular formula is C15H15N3O2. The fraction of sp³-hybridized carbons (Fsp3) is 0.333. The van der Waals surface area contributed by atoms with Crippen molar-refractivity contribution in [3.63, 3.8) is 0 Å². The minimum atomic E-state index is -0.907. The topological polar surface area (TPSA) is 76.0 Å². The summed E-state index contributed by atoms with van der Waals surface area (Å²) in [7, 11) is 0. The largest absolute Gasteiger partial charge is 0.480 e. The molecule has 0 atom stereocenters. The van der Waals surface area contributed by atoms with E-state index in [1.54, 1.807) is 6.20 Å². The maximum atomic E-state index is 11.6. The van der Waals surface area contributed by atoms with E-state index in [9.17, 15) is 9.90 Å². The predicted molar refractivity (Wildman–Crippen MR) is 73.2 cm³/mol. The van der Waals surface area contributed by atoms with Crippen molar-refractivity contribution in [3.05, 3.63) is 42.0 Å². The Morgan fingerprint density at radius 1 is 1.25 bits per heavy atom. The summed E-state index contributed by atoms with van der Waals surface area (Å²) in [6.07, 6.45) is 3.81. The summed E-state index contributed by atoms with van der Waals surface area (Å²) in [5, 5.41) is 9.49. The molecule has 20 heavy (non-hydrogen) atoms. The molecule has 1 aliphatic rings. The van der Waals surface area contributed by atoms with Crippen LogP contribution >= 0.6 is 0 Å². The van der Waals surface area contributed by atoms with Gasteiger partial charge in [0.25, 0.3) is 0 Å². The summed E-state index contributed by atoms with van der Waals surface area (Å²) < 4.78 is 0. The van der Waals surface area contributed by atoms with Crippen LogP contribution in [0.25, 0.3) is 11.4 Å². The summed E-state index contributed by atoms with van der Waals surface area (Å²) in [4.78, 5) is 24.7. The van der Waals surface area contributed by atoms with Crippen molar-refractivity contribution in [2.45, 2.75) is 31.6 Å². The van der Waals surface area contributed by atoms with E-state index in [1.807, 2.05) is 31.2 Å². The van der Waals surface area contributed by atoms with E-state index in [2.05, 4.69) is 15.0 Å². The van der Waals surface area contributed by atoms with Gasteiger partial charge in [0.1, 0.15) is 11.2 Å². The van der Waals surface area contributed by atoms with Crippen molar-refractivity contribution in [1.29, 1.82) is 0 Å². The van der Waals surface area contributed by atoms with E-state index in [4.69, 9.17) is 0 Å². The van der Waals surface area contributed by atoms with Gasteiger partial charge in [-0.2, -0.15) is 0 Å². The first-order chi connectivity index (χ1) is 9.62. The van der Waals surface area contributed by atoms with Crippen LogP contribution in [0, 0.1) is 6.92 Å². The van der Waals surface area contributed by atoms with Gasteiger partial charge in [-0.15, -0.1) is 0 Å². The minimum Gasteiger partial charge on any atom is -0.480 e. The highest BCUT2D eigenvalue weighted by Gasteiger charge is 2.48. The summed E-state index contributed by atoms with van der Waals surface area (Å²) in [6, 6.07) is 7.42. The molecule has 1 fully saturated rings. The molecule has 5 heteroatoms. The monoisotopic (exact) mass is 269 g/mol. The second-order valence-corrected chi connectivity index (χ2v) is 5.17. The molecule has 0 saturated heterocycles. The fourth-order valence-corrected chi connectivity index (χ4v) is 2.49. The van der Waals surface area contributed by atoms with Crippen molar-refractivity contribution in [2.24, 2.45) is 0 Å². The zero-order valence-corrected chi connectivity index (χ0v) is 11.2. The number of carboxylic acid groups (broad SMARTS) is 1. The number of rotatable bonds is 3. The Labute approximate surface area is 116 Å². The average molecular weight is 269 g/mol. The van der Waals surface area contributed by atoms with Gasteiger partial charge in [0.2, 0.25) is 0 Å². The third-order valence-corrected chi connectivity index (χ3v) is 3.83. The normalized spacial score (nSPS) is 16.4. The Morgan fingerprint density at radius 3 is 2.60 bits per heavy atom. The second-order valence-electron chi connectivity index (χ2n) is 5.17. The van der Waals surface area contributed by atoms with Crippen LogP contribution < -0.4 is 0 Å². The van der Waals surface area contributed by atoms with Gasteiger partial charge in [-0.3, -0.25) is 9.78 Å². The van der Waals surface area contributed by atoms with E-state index in [0.29, 0.717) is 24.4 Å². The van der Waals surface area contributed by atoms with Gasteiger partial charge in [0.05, 0.1) is 11.4 Å². The van der Waals surface area contributed by atoms with Crippen LogP contribution in [0.4, 0.5) is 0 Å². The number of aryl methyl sites for hydroxylation is 1.